The highest BCUT2D eigenvalue weighted by Crippen LogP contribution is 2.27. The van der Waals surface area contributed by atoms with E-state index in [0.717, 1.165) is 36.6 Å². The molecule has 0 fully saturated rings. The van der Waals surface area contributed by atoms with Crippen LogP contribution in [0.25, 0.3) is 0 Å². The van der Waals surface area contributed by atoms with Crippen molar-refractivity contribution >= 4 is 11.4 Å². The maximum absolute atomic E-state index is 5.97. The Morgan fingerprint density at radius 1 is 1.18 bits per heavy atom. The second kappa shape index (κ2) is 6.35. The molecule has 4 heteroatoms. The summed E-state index contributed by atoms with van der Waals surface area (Å²) in [5.74, 6) is 0.841. The number of rotatable bonds is 6. The van der Waals surface area contributed by atoms with Gasteiger partial charge in [-0.1, -0.05) is 0 Å². The third-order valence-corrected chi connectivity index (χ3v) is 2.75. The third kappa shape index (κ3) is 4.15. The minimum Gasteiger partial charge on any atom is -0.497 e. The fraction of sp³-hybridized carbons (Fsp3) is 0.538. The quantitative estimate of drug-likeness (QED) is 0.764. The predicted octanol–water partition coefficient (Wildman–Crippen LogP) is 1.67. The number of benzene rings is 1. The average molecular weight is 237 g/mol. The van der Waals surface area contributed by atoms with Crippen molar-refractivity contribution in [1.29, 1.82) is 0 Å². The van der Waals surface area contributed by atoms with E-state index in [0.29, 0.717) is 0 Å². The van der Waals surface area contributed by atoms with E-state index < -0.39 is 0 Å². The molecule has 1 aromatic carbocycles. The monoisotopic (exact) mass is 237 g/mol. The first-order valence-corrected chi connectivity index (χ1v) is 5.84. The van der Waals surface area contributed by atoms with Crippen LogP contribution in [0.4, 0.5) is 11.4 Å². The molecule has 96 valence electrons. The molecule has 0 aliphatic heterocycles. The Bertz CT molecular complexity index is 353. The van der Waals surface area contributed by atoms with Crippen LogP contribution in [-0.4, -0.2) is 46.2 Å². The van der Waals surface area contributed by atoms with Crippen LogP contribution < -0.4 is 15.4 Å². The summed E-state index contributed by atoms with van der Waals surface area (Å²) in [6, 6.07) is 5.74. The molecule has 0 unspecified atom stereocenters. The zero-order chi connectivity index (χ0) is 12.8. The Labute approximate surface area is 104 Å². The molecule has 0 aliphatic carbocycles. The van der Waals surface area contributed by atoms with E-state index in [9.17, 15) is 0 Å². The lowest BCUT2D eigenvalue weighted by atomic mass is 10.2. The van der Waals surface area contributed by atoms with Crippen molar-refractivity contribution in [2.24, 2.45) is 0 Å². The Kier molecular flexibility index (Phi) is 5.10. The van der Waals surface area contributed by atoms with Crippen molar-refractivity contribution in [3.63, 3.8) is 0 Å². The number of anilines is 2. The maximum atomic E-state index is 5.97. The van der Waals surface area contributed by atoms with E-state index in [2.05, 4.69) is 30.9 Å². The Morgan fingerprint density at radius 3 is 2.47 bits per heavy atom. The summed E-state index contributed by atoms with van der Waals surface area (Å²) in [6.07, 6.45) is 1.11. The molecule has 4 nitrogen and oxygen atoms in total. The largest absolute Gasteiger partial charge is 0.497 e. The third-order valence-electron chi connectivity index (χ3n) is 2.75. The van der Waals surface area contributed by atoms with Crippen LogP contribution in [-0.2, 0) is 0 Å². The molecule has 0 heterocycles. The van der Waals surface area contributed by atoms with Crippen molar-refractivity contribution in [3.8, 4) is 5.75 Å². The smallest absolute Gasteiger partial charge is 0.121 e. The minimum absolute atomic E-state index is 0.790. The van der Waals surface area contributed by atoms with Crippen LogP contribution in [0.1, 0.15) is 6.42 Å². The molecule has 2 N–H and O–H groups in total. The van der Waals surface area contributed by atoms with Crippen LogP contribution in [0.15, 0.2) is 18.2 Å². The molecule has 0 radical (unpaired) electrons. The summed E-state index contributed by atoms with van der Waals surface area (Å²) < 4.78 is 5.21. The van der Waals surface area contributed by atoms with Gasteiger partial charge in [0.2, 0.25) is 0 Å². The van der Waals surface area contributed by atoms with Crippen LogP contribution in [0.5, 0.6) is 5.75 Å². The molecule has 0 amide bonds. The topological polar surface area (TPSA) is 41.7 Å². The van der Waals surface area contributed by atoms with Crippen LogP contribution >= 0.6 is 0 Å². The molecule has 0 spiro atoms. The fourth-order valence-electron chi connectivity index (χ4n) is 1.73. The lowest BCUT2D eigenvalue weighted by Gasteiger charge is -2.22. The SMILES string of the molecule is COc1ccc(N)c(N(C)CCCN(C)C)c1. The van der Waals surface area contributed by atoms with Crippen molar-refractivity contribution in [2.75, 3.05) is 52.0 Å². The van der Waals surface area contributed by atoms with Crippen LogP contribution in [0.3, 0.4) is 0 Å². The number of hydrogen-bond donors (Lipinski definition) is 1. The fourth-order valence-corrected chi connectivity index (χ4v) is 1.73. The maximum Gasteiger partial charge on any atom is 0.121 e. The van der Waals surface area contributed by atoms with Gasteiger partial charge in [-0.05, 0) is 39.2 Å². The van der Waals surface area contributed by atoms with E-state index in [1.165, 1.54) is 0 Å². The van der Waals surface area contributed by atoms with Gasteiger partial charge < -0.3 is 20.3 Å². The molecule has 0 aromatic heterocycles. The number of hydrogen-bond acceptors (Lipinski definition) is 4. The van der Waals surface area contributed by atoms with Gasteiger partial charge in [0.25, 0.3) is 0 Å². The highest BCUT2D eigenvalue weighted by molar-refractivity contribution is 5.69. The summed E-state index contributed by atoms with van der Waals surface area (Å²) in [6.45, 7) is 2.06. The Morgan fingerprint density at radius 2 is 1.88 bits per heavy atom. The van der Waals surface area contributed by atoms with E-state index in [1.54, 1.807) is 7.11 Å². The molecule has 0 aliphatic rings. The molecule has 0 saturated heterocycles. The van der Waals surface area contributed by atoms with Crippen molar-refractivity contribution in [3.05, 3.63) is 18.2 Å². The van der Waals surface area contributed by atoms with Crippen LogP contribution in [0, 0.1) is 0 Å². The van der Waals surface area contributed by atoms with Gasteiger partial charge in [0.15, 0.2) is 0 Å². The number of nitrogens with two attached hydrogens (primary N) is 1. The number of ether oxygens (including phenoxy) is 1. The zero-order valence-corrected chi connectivity index (χ0v) is 11.2. The summed E-state index contributed by atoms with van der Waals surface area (Å²) in [5.41, 5.74) is 7.79. The predicted molar refractivity (Wildman–Crippen MR) is 73.8 cm³/mol. The summed E-state index contributed by atoms with van der Waals surface area (Å²) in [7, 11) is 7.89. The standard InChI is InChI=1S/C13H23N3O/c1-15(2)8-5-9-16(3)13-10-11(17-4)6-7-12(13)14/h6-7,10H,5,8-9,14H2,1-4H3. The first-order valence-electron chi connectivity index (χ1n) is 5.84. The second-order valence-corrected chi connectivity index (χ2v) is 4.50. The first-order chi connectivity index (χ1) is 8.04. The normalized spacial score (nSPS) is 10.6. The molecule has 17 heavy (non-hydrogen) atoms. The van der Waals surface area contributed by atoms with Gasteiger partial charge in [-0.15, -0.1) is 0 Å². The molecule has 1 aromatic rings. The van der Waals surface area contributed by atoms with Crippen molar-refractivity contribution in [2.45, 2.75) is 6.42 Å². The van der Waals surface area contributed by atoms with E-state index in [-0.39, 0.29) is 0 Å². The lowest BCUT2D eigenvalue weighted by molar-refractivity contribution is 0.401. The van der Waals surface area contributed by atoms with E-state index in [4.69, 9.17) is 10.5 Å². The first kappa shape index (κ1) is 13.6. The Balaban J connectivity index is 2.64. The summed E-state index contributed by atoms with van der Waals surface area (Å²) in [4.78, 5) is 4.35. The van der Waals surface area contributed by atoms with Gasteiger partial charge in [0, 0.05) is 19.7 Å². The molecule has 1 rings (SSSR count). The summed E-state index contributed by atoms with van der Waals surface area (Å²) >= 11 is 0. The molecule has 0 bridgehead atoms. The highest BCUT2D eigenvalue weighted by Gasteiger charge is 2.06. The average Bonchev–Trinajstić information content (AvgIpc) is 2.29. The zero-order valence-electron chi connectivity index (χ0n) is 11.2. The molecule has 0 atom stereocenters. The van der Waals surface area contributed by atoms with E-state index in [1.807, 2.05) is 18.2 Å². The van der Waals surface area contributed by atoms with Gasteiger partial charge in [-0.25, -0.2) is 0 Å². The molecular formula is C13H23N3O. The molecule has 0 saturated carbocycles. The number of methoxy groups -OCH3 is 1. The van der Waals surface area contributed by atoms with Gasteiger partial charge >= 0.3 is 0 Å². The van der Waals surface area contributed by atoms with Gasteiger partial charge in [-0.2, -0.15) is 0 Å². The van der Waals surface area contributed by atoms with Gasteiger partial charge in [0.05, 0.1) is 18.5 Å². The number of nitrogens with zero attached hydrogens (tertiary/aromatic N) is 2. The van der Waals surface area contributed by atoms with Crippen molar-refractivity contribution < 1.29 is 4.74 Å². The van der Waals surface area contributed by atoms with Crippen molar-refractivity contribution in [1.82, 2.24) is 4.90 Å². The number of nitrogen functional groups attached to an aromatic ring is 1. The molecular weight excluding hydrogens is 214 g/mol. The summed E-state index contributed by atoms with van der Waals surface area (Å²) in [5, 5.41) is 0. The lowest BCUT2D eigenvalue weighted by Crippen LogP contribution is -2.24. The highest BCUT2D eigenvalue weighted by atomic mass is 16.5. The van der Waals surface area contributed by atoms with Gasteiger partial charge in [-0.3, -0.25) is 0 Å². The van der Waals surface area contributed by atoms with E-state index >= 15 is 0 Å². The van der Waals surface area contributed by atoms with Gasteiger partial charge in [0.1, 0.15) is 5.75 Å². The van der Waals surface area contributed by atoms with Crippen LogP contribution in [0.2, 0.25) is 0 Å². The minimum atomic E-state index is 0.790. The Hall–Kier alpha value is -1.42. The second-order valence-electron chi connectivity index (χ2n) is 4.50.